The topological polar surface area (TPSA) is 60.8 Å². The first-order chi connectivity index (χ1) is 9.86. The van der Waals surface area contributed by atoms with Crippen molar-refractivity contribution in [1.29, 1.82) is 0 Å². The number of nitrogens with zero attached hydrogens (tertiary/aromatic N) is 1. The Morgan fingerprint density at radius 1 is 1.29 bits per heavy atom. The monoisotopic (exact) mass is 295 g/mol. The maximum Gasteiger partial charge on any atom is 0.314 e. The van der Waals surface area contributed by atoms with Crippen molar-refractivity contribution >= 4 is 5.97 Å². The lowest BCUT2D eigenvalue weighted by Gasteiger charge is -2.34. The first-order valence-corrected chi connectivity index (χ1v) is 7.27. The molecule has 0 heterocycles. The quantitative estimate of drug-likeness (QED) is 0.896. The Kier molecular flexibility index (Phi) is 4.52. The smallest absolute Gasteiger partial charge is 0.314 e. The summed E-state index contributed by atoms with van der Waals surface area (Å²) in [6.45, 7) is 0.500. The van der Waals surface area contributed by atoms with E-state index in [2.05, 4.69) is 0 Å². The molecule has 0 amide bonds. The Bertz CT molecular complexity index is 537. The van der Waals surface area contributed by atoms with Gasteiger partial charge in [0.1, 0.15) is 0 Å². The summed E-state index contributed by atoms with van der Waals surface area (Å²) in [4.78, 5) is 13.7. The first kappa shape index (κ1) is 15.8. The van der Waals surface area contributed by atoms with Crippen molar-refractivity contribution in [2.75, 3.05) is 14.1 Å². The number of phenolic OH excluding ortho intramolecular Hbond substituents is 1. The van der Waals surface area contributed by atoms with Crippen LogP contribution in [0, 0.1) is 5.82 Å². The second-order valence-corrected chi connectivity index (χ2v) is 6.16. The summed E-state index contributed by atoms with van der Waals surface area (Å²) in [5.41, 5.74) is -0.256. The maximum absolute atomic E-state index is 14.0. The van der Waals surface area contributed by atoms with Crippen LogP contribution >= 0.6 is 0 Å². The molecule has 0 bridgehead atoms. The van der Waals surface area contributed by atoms with Crippen LogP contribution in [-0.4, -0.2) is 35.2 Å². The van der Waals surface area contributed by atoms with Crippen molar-refractivity contribution in [3.8, 4) is 5.75 Å². The van der Waals surface area contributed by atoms with Crippen molar-refractivity contribution < 1.29 is 19.4 Å². The number of rotatable bonds is 4. The number of carboxylic acids is 1. The minimum absolute atomic E-state index is 0.228. The molecular formula is C16H22FNO3. The number of aliphatic carboxylic acids is 1. The van der Waals surface area contributed by atoms with Crippen LogP contribution in [0.1, 0.15) is 43.2 Å². The molecule has 1 saturated carbocycles. The number of carboxylic acid groups (broad SMARTS) is 1. The molecule has 0 saturated heterocycles. The zero-order valence-corrected chi connectivity index (χ0v) is 12.5. The van der Waals surface area contributed by atoms with Crippen LogP contribution in [0.3, 0.4) is 0 Å². The van der Waals surface area contributed by atoms with Crippen LogP contribution in [0.5, 0.6) is 5.75 Å². The normalized spacial score (nSPS) is 17.9. The van der Waals surface area contributed by atoms with Crippen LogP contribution < -0.4 is 0 Å². The number of aromatic hydroxyl groups is 1. The van der Waals surface area contributed by atoms with Crippen molar-refractivity contribution in [2.24, 2.45) is 0 Å². The molecular weight excluding hydrogens is 273 g/mol. The molecule has 0 atom stereocenters. The van der Waals surface area contributed by atoms with E-state index in [1.165, 1.54) is 6.07 Å². The summed E-state index contributed by atoms with van der Waals surface area (Å²) < 4.78 is 14.0. The van der Waals surface area contributed by atoms with E-state index in [-0.39, 0.29) is 5.56 Å². The molecule has 0 spiro atoms. The summed E-state index contributed by atoms with van der Waals surface area (Å²) in [7, 11) is 3.72. The van der Waals surface area contributed by atoms with Gasteiger partial charge in [-0.15, -0.1) is 0 Å². The van der Waals surface area contributed by atoms with Gasteiger partial charge in [0.25, 0.3) is 0 Å². The van der Waals surface area contributed by atoms with Crippen molar-refractivity contribution in [3.63, 3.8) is 0 Å². The predicted molar refractivity (Wildman–Crippen MR) is 77.9 cm³/mol. The van der Waals surface area contributed by atoms with Crippen LogP contribution in [0.25, 0.3) is 0 Å². The van der Waals surface area contributed by atoms with Gasteiger partial charge in [-0.3, -0.25) is 4.79 Å². The summed E-state index contributed by atoms with van der Waals surface area (Å²) in [5, 5.41) is 19.8. The molecule has 1 aliphatic carbocycles. The van der Waals surface area contributed by atoms with Gasteiger partial charge < -0.3 is 15.1 Å². The van der Waals surface area contributed by atoms with Gasteiger partial charge in [-0.25, -0.2) is 4.39 Å². The van der Waals surface area contributed by atoms with Crippen molar-refractivity contribution in [1.82, 2.24) is 4.90 Å². The molecule has 5 heteroatoms. The van der Waals surface area contributed by atoms with Crippen molar-refractivity contribution in [3.05, 3.63) is 29.1 Å². The van der Waals surface area contributed by atoms with Gasteiger partial charge in [-0.2, -0.15) is 0 Å². The van der Waals surface area contributed by atoms with Crippen LogP contribution in [0.15, 0.2) is 12.1 Å². The van der Waals surface area contributed by atoms with E-state index in [4.69, 9.17) is 0 Å². The fraction of sp³-hybridized carbons (Fsp3) is 0.562. The van der Waals surface area contributed by atoms with Crippen LogP contribution in [0.4, 0.5) is 4.39 Å². The number of benzene rings is 1. The molecule has 4 nitrogen and oxygen atoms in total. The van der Waals surface area contributed by atoms with E-state index in [1.807, 2.05) is 19.0 Å². The highest BCUT2D eigenvalue weighted by molar-refractivity contribution is 5.82. The van der Waals surface area contributed by atoms with Gasteiger partial charge in [-0.05, 0) is 44.6 Å². The van der Waals surface area contributed by atoms with Gasteiger partial charge >= 0.3 is 5.97 Å². The minimum Gasteiger partial charge on any atom is -0.505 e. The van der Waals surface area contributed by atoms with Crippen LogP contribution in [-0.2, 0) is 16.8 Å². The highest BCUT2D eigenvalue weighted by atomic mass is 19.1. The third-order valence-electron chi connectivity index (χ3n) is 4.25. The molecule has 116 valence electrons. The molecule has 0 unspecified atom stereocenters. The molecule has 0 aromatic heterocycles. The molecule has 21 heavy (non-hydrogen) atoms. The second kappa shape index (κ2) is 6.02. The Labute approximate surface area is 124 Å². The number of carbonyl (C=O) groups is 1. The first-order valence-electron chi connectivity index (χ1n) is 7.27. The Hall–Kier alpha value is -1.62. The highest BCUT2D eigenvalue weighted by Gasteiger charge is 2.43. The molecule has 2 rings (SSSR count). The molecule has 1 fully saturated rings. The summed E-state index contributed by atoms with van der Waals surface area (Å²) in [5.74, 6) is -2.23. The van der Waals surface area contributed by atoms with Gasteiger partial charge in [0, 0.05) is 12.1 Å². The van der Waals surface area contributed by atoms with E-state index >= 15 is 0 Å². The predicted octanol–water partition coefficient (Wildman–Crippen LogP) is 2.88. The van der Waals surface area contributed by atoms with E-state index in [0.717, 1.165) is 19.3 Å². The molecule has 0 radical (unpaired) electrons. The molecule has 0 aliphatic heterocycles. The number of phenols is 1. The Morgan fingerprint density at radius 3 is 2.43 bits per heavy atom. The number of halogens is 1. The van der Waals surface area contributed by atoms with Crippen LogP contribution in [0.2, 0.25) is 0 Å². The lowest BCUT2D eigenvalue weighted by molar-refractivity contribution is -0.145. The molecule has 1 aromatic carbocycles. The average molecular weight is 295 g/mol. The summed E-state index contributed by atoms with van der Waals surface area (Å²) >= 11 is 0. The van der Waals surface area contributed by atoms with Gasteiger partial charge in [0.05, 0.1) is 5.41 Å². The molecule has 2 N–H and O–H groups in total. The highest BCUT2D eigenvalue weighted by Crippen LogP contribution is 2.44. The number of hydrogen-bond donors (Lipinski definition) is 2. The SMILES string of the molecule is CN(C)Cc1cc(F)c(O)c(C2(C(=O)O)CCCCC2)c1. The van der Waals surface area contributed by atoms with Gasteiger partial charge in [0.15, 0.2) is 11.6 Å². The lowest BCUT2D eigenvalue weighted by atomic mass is 9.69. The number of hydrogen-bond acceptors (Lipinski definition) is 3. The fourth-order valence-electron chi connectivity index (χ4n) is 3.23. The summed E-state index contributed by atoms with van der Waals surface area (Å²) in [6, 6.07) is 2.93. The Morgan fingerprint density at radius 2 is 1.90 bits per heavy atom. The maximum atomic E-state index is 14.0. The third-order valence-corrected chi connectivity index (χ3v) is 4.25. The van der Waals surface area contributed by atoms with E-state index < -0.39 is 23.0 Å². The van der Waals surface area contributed by atoms with Gasteiger partial charge in [-0.1, -0.05) is 19.3 Å². The summed E-state index contributed by atoms with van der Waals surface area (Å²) in [6.07, 6.45) is 3.44. The van der Waals surface area contributed by atoms with Crippen molar-refractivity contribution in [2.45, 2.75) is 44.1 Å². The molecule has 1 aliphatic rings. The second-order valence-electron chi connectivity index (χ2n) is 6.16. The zero-order chi connectivity index (χ0) is 15.6. The standard InChI is InChI=1S/C16H22FNO3/c1-18(2)10-11-8-12(14(19)13(17)9-11)16(15(20)21)6-4-3-5-7-16/h8-9,19H,3-7,10H2,1-2H3,(H,20,21). The lowest BCUT2D eigenvalue weighted by Crippen LogP contribution is -2.38. The van der Waals surface area contributed by atoms with E-state index in [1.54, 1.807) is 6.07 Å². The Balaban J connectivity index is 2.53. The van der Waals surface area contributed by atoms with Gasteiger partial charge in [0.2, 0.25) is 0 Å². The average Bonchev–Trinajstić information content (AvgIpc) is 2.42. The molecule has 1 aromatic rings. The van der Waals surface area contributed by atoms with E-state index in [0.29, 0.717) is 24.9 Å². The third kappa shape index (κ3) is 3.02. The minimum atomic E-state index is -1.16. The van der Waals surface area contributed by atoms with E-state index in [9.17, 15) is 19.4 Å². The fourth-order valence-corrected chi connectivity index (χ4v) is 3.23. The largest absolute Gasteiger partial charge is 0.505 e. The zero-order valence-electron chi connectivity index (χ0n) is 12.5.